The summed E-state index contributed by atoms with van der Waals surface area (Å²) in [6.45, 7) is 6.08. The molecule has 1 aliphatic heterocycles. The van der Waals surface area contributed by atoms with Gasteiger partial charge in [0.1, 0.15) is 11.5 Å². The summed E-state index contributed by atoms with van der Waals surface area (Å²) in [7, 11) is 0. The molecule has 3 nitrogen and oxygen atoms in total. The number of nitrogens with zero attached hydrogens (tertiary/aromatic N) is 1. The molecule has 0 atom stereocenters. The fourth-order valence-electron chi connectivity index (χ4n) is 1.53. The van der Waals surface area contributed by atoms with E-state index in [1.165, 1.54) is 0 Å². The van der Waals surface area contributed by atoms with E-state index in [-0.39, 0.29) is 11.3 Å². The fraction of sp³-hybridized carbons (Fsp3) is 0.286. The van der Waals surface area contributed by atoms with E-state index >= 15 is 0 Å². The summed E-state index contributed by atoms with van der Waals surface area (Å²) >= 11 is 0. The molecule has 0 aliphatic carbocycles. The lowest BCUT2D eigenvalue weighted by atomic mass is 9.95. The van der Waals surface area contributed by atoms with Crippen molar-refractivity contribution in [1.82, 2.24) is 5.32 Å². The molecule has 0 saturated carbocycles. The van der Waals surface area contributed by atoms with Gasteiger partial charge in [0, 0.05) is 5.41 Å². The standard InChI is InChI=1S/C14H16N2O/c1-14(2,3)13-15-11(12(17)16-13)9-10-7-5-4-6-8-10/h4-9H,1-3H3,(H,15,16,17)/b11-9+. The fourth-order valence-corrected chi connectivity index (χ4v) is 1.53. The van der Waals surface area contributed by atoms with Crippen LogP contribution in [0.5, 0.6) is 0 Å². The summed E-state index contributed by atoms with van der Waals surface area (Å²) in [5.74, 6) is 0.600. The summed E-state index contributed by atoms with van der Waals surface area (Å²) in [6, 6.07) is 9.72. The number of rotatable bonds is 1. The molecule has 88 valence electrons. The monoisotopic (exact) mass is 228 g/mol. The average Bonchev–Trinajstić information content (AvgIpc) is 2.62. The van der Waals surface area contributed by atoms with Crippen LogP contribution in [0.2, 0.25) is 0 Å². The third-order valence-electron chi connectivity index (χ3n) is 2.51. The normalized spacial score (nSPS) is 18.2. The SMILES string of the molecule is CC(C)(C)C1=N/C(=C/c2ccccc2)C(=O)N1. The molecular formula is C14H16N2O. The van der Waals surface area contributed by atoms with Gasteiger partial charge in [-0.05, 0) is 11.6 Å². The van der Waals surface area contributed by atoms with Crippen LogP contribution >= 0.6 is 0 Å². The minimum Gasteiger partial charge on any atom is -0.308 e. The maximum atomic E-state index is 11.7. The van der Waals surface area contributed by atoms with Gasteiger partial charge in [-0.3, -0.25) is 4.79 Å². The maximum absolute atomic E-state index is 11.7. The number of amidine groups is 1. The van der Waals surface area contributed by atoms with Crippen molar-refractivity contribution >= 4 is 17.8 Å². The molecule has 17 heavy (non-hydrogen) atoms. The molecule has 0 fully saturated rings. The van der Waals surface area contributed by atoms with E-state index in [1.54, 1.807) is 6.08 Å². The molecule has 0 spiro atoms. The molecule has 0 aromatic heterocycles. The summed E-state index contributed by atoms with van der Waals surface area (Å²) < 4.78 is 0. The van der Waals surface area contributed by atoms with Crippen molar-refractivity contribution in [1.29, 1.82) is 0 Å². The largest absolute Gasteiger partial charge is 0.308 e. The molecule has 0 bridgehead atoms. The lowest BCUT2D eigenvalue weighted by Crippen LogP contribution is -2.34. The van der Waals surface area contributed by atoms with Gasteiger partial charge in [0.15, 0.2) is 0 Å². The van der Waals surface area contributed by atoms with Crippen molar-refractivity contribution in [3.8, 4) is 0 Å². The molecule has 0 radical (unpaired) electrons. The maximum Gasteiger partial charge on any atom is 0.275 e. The Hall–Kier alpha value is -1.90. The number of carbonyl (C=O) groups is 1. The topological polar surface area (TPSA) is 41.5 Å². The Balaban J connectivity index is 2.32. The van der Waals surface area contributed by atoms with E-state index in [0.717, 1.165) is 11.4 Å². The molecule has 3 heteroatoms. The third kappa shape index (κ3) is 2.61. The van der Waals surface area contributed by atoms with Gasteiger partial charge >= 0.3 is 0 Å². The van der Waals surface area contributed by atoms with E-state index in [2.05, 4.69) is 10.3 Å². The van der Waals surface area contributed by atoms with Crippen LogP contribution in [0.15, 0.2) is 41.0 Å². The van der Waals surface area contributed by atoms with Crippen molar-refractivity contribution < 1.29 is 4.79 Å². The summed E-state index contributed by atoms with van der Waals surface area (Å²) in [5.41, 5.74) is 1.32. The first-order chi connectivity index (χ1) is 7.97. The number of amides is 1. The van der Waals surface area contributed by atoms with Crippen LogP contribution in [0, 0.1) is 5.41 Å². The van der Waals surface area contributed by atoms with E-state index in [9.17, 15) is 4.79 Å². The minimum atomic E-state index is -0.137. The number of nitrogens with one attached hydrogen (secondary N) is 1. The highest BCUT2D eigenvalue weighted by Crippen LogP contribution is 2.21. The van der Waals surface area contributed by atoms with Crippen LogP contribution in [-0.4, -0.2) is 11.7 Å². The lowest BCUT2D eigenvalue weighted by Gasteiger charge is -2.16. The van der Waals surface area contributed by atoms with Gasteiger partial charge in [-0.25, -0.2) is 4.99 Å². The number of hydrogen-bond acceptors (Lipinski definition) is 2. The highest BCUT2D eigenvalue weighted by Gasteiger charge is 2.28. The molecule has 1 aromatic rings. The van der Waals surface area contributed by atoms with E-state index < -0.39 is 0 Å². The number of benzene rings is 1. The minimum absolute atomic E-state index is 0.126. The zero-order chi connectivity index (χ0) is 12.5. The van der Waals surface area contributed by atoms with Crippen molar-refractivity contribution in [2.75, 3.05) is 0 Å². The zero-order valence-corrected chi connectivity index (χ0v) is 10.3. The van der Waals surface area contributed by atoms with Gasteiger partial charge in [-0.2, -0.15) is 0 Å². The van der Waals surface area contributed by atoms with E-state index in [0.29, 0.717) is 5.70 Å². The van der Waals surface area contributed by atoms with Crippen molar-refractivity contribution in [3.05, 3.63) is 41.6 Å². The first-order valence-corrected chi connectivity index (χ1v) is 5.64. The van der Waals surface area contributed by atoms with Gasteiger partial charge in [0.05, 0.1) is 0 Å². The molecule has 0 unspecified atom stereocenters. The first kappa shape index (κ1) is 11.6. The number of hydrogen-bond donors (Lipinski definition) is 1. The molecule has 2 rings (SSSR count). The number of carbonyl (C=O) groups excluding carboxylic acids is 1. The lowest BCUT2D eigenvalue weighted by molar-refractivity contribution is -0.115. The van der Waals surface area contributed by atoms with Gasteiger partial charge in [0.2, 0.25) is 0 Å². The molecule has 0 saturated heterocycles. The summed E-state index contributed by atoms with van der Waals surface area (Å²) in [5, 5.41) is 2.81. The third-order valence-corrected chi connectivity index (χ3v) is 2.51. The zero-order valence-electron chi connectivity index (χ0n) is 10.3. The van der Waals surface area contributed by atoms with Gasteiger partial charge < -0.3 is 5.32 Å². The molecule has 1 amide bonds. The molecule has 1 aromatic carbocycles. The van der Waals surface area contributed by atoms with Crippen LogP contribution in [0.4, 0.5) is 0 Å². The Labute approximate surface area is 101 Å². The van der Waals surface area contributed by atoms with Gasteiger partial charge in [-0.1, -0.05) is 51.1 Å². The van der Waals surface area contributed by atoms with E-state index in [1.807, 2.05) is 51.1 Å². The van der Waals surface area contributed by atoms with Gasteiger partial charge in [-0.15, -0.1) is 0 Å². The Kier molecular flexibility index (Phi) is 2.84. The Morgan fingerprint density at radius 2 is 1.82 bits per heavy atom. The van der Waals surface area contributed by atoms with Crippen LogP contribution in [-0.2, 0) is 4.79 Å². The Morgan fingerprint density at radius 1 is 1.18 bits per heavy atom. The average molecular weight is 228 g/mol. The second kappa shape index (κ2) is 4.17. The summed E-state index contributed by atoms with van der Waals surface area (Å²) in [4.78, 5) is 16.1. The molecule has 1 heterocycles. The second-order valence-corrected chi connectivity index (χ2v) is 5.10. The predicted molar refractivity (Wildman–Crippen MR) is 69.5 cm³/mol. The van der Waals surface area contributed by atoms with Crippen LogP contribution in [0.3, 0.4) is 0 Å². The molecule has 1 N–H and O–H groups in total. The van der Waals surface area contributed by atoms with Gasteiger partial charge in [0.25, 0.3) is 5.91 Å². The van der Waals surface area contributed by atoms with Crippen molar-refractivity contribution in [2.45, 2.75) is 20.8 Å². The first-order valence-electron chi connectivity index (χ1n) is 5.64. The summed E-state index contributed by atoms with van der Waals surface area (Å²) in [6.07, 6.45) is 1.80. The highest BCUT2D eigenvalue weighted by molar-refractivity contribution is 6.15. The van der Waals surface area contributed by atoms with Crippen molar-refractivity contribution in [2.24, 2.45) is 10.4 Å². The molecular weight excluding hydrogens is 212 g/mol. The van der Waals surface area contributed by atoms with Crippen LogP contribution in [0.25, 0.3) is 6.08 Å². The molecule has 1 aliphatic rings. The van der Waals surface area contributed by atoms with Crippen LogP contribution in [0.1, 0.15) is 26.3 Å². The quantitative estimate of drug-likeness (QED) is 0.737. The van der Waals surface area contributed by atoms with Crippen molar-refractivity contribution in [3.63, 3.8) is 0 Å². The van der Waals surface area contributed by atoms with Crippen LogP contribution < -0.4 is 5.32 Å². The Bertz CT molecular complexity index is 493. The highest BCUT2D eigenvalue weighted by atomic mass is 16.2. The predicted octanol–water partition coefficient (Wildman–Crippen LogP) is 2.60. The van der Waals surface area contributed by atoms with E-state index in [4.69, 9.17) is 0 Å². The second-order valence-electron chi connectivity index (χ2n) is 5.10. The Morgan fingerprint density at radius 3 is 2.35 bits per heavy atom. The number of aliphatic imine (C=N–C) groups is 1. The smallest absolute Gasteiger partial charge is 0.275 e.